The van der Waals surface area contributed by atoms with Crippen LogP contribution in [0.2, 0.25) is 0 Å². The first kappa shape index (κ1) is 94.3. The number of phosphoric ester groups is 2. The Hall–Kier alpha value is -4.87. The second-order valence-electron chi connectivity index (χ2n) is 25.3. The molecule has 0 spiro atoms. The minimum absolute atomic E-state index is 0. The summed E-state index contributed by atoms with van der Waals surface area (Å²) in [6.07, 6.45) is -2.00. The molecular weight excluding hydrogens is 1490 g/mol. The number of methoxy groups -OCH3 is 4. The van der Waals surface area contributed by atoms with Gasteiger partial charge in [0, 0.05) is 83.4 Å². The number of phosphoric acid groups is 2. The van der Waals surface area contributed by atoms with Gasteiger partial charge >= 0.3 is 30.8 Å². The fourth-order valence-corrected chi connectivity index (χ4v) is 14.3. The number of carbonyl (C=O) groups is 4. The molecule has 0 aliphatic carbocycles. The van der Waals surface area contributed by atoms with Crippen molar-refractivity contribution in [3.63, 3.8) is 0 Å². The Morgan fingerprint density at radius 3 is 1.02 bits per heavy atom. The largest absolute Gasteiger partial charge is 0.469 e. The van der Waals surface area contributed by atoms with Crippen LogP contribution in [-0.4, -0.2) is 252 Å². The summed E-state index contributed by atoms with van der Waals surface area (Å²) in [6.45, 7) is 34.4. The van der Waals surface area contributed by atoms with Crippen LogP contribution in [0, 0.1) is 0 Å². The molecule has 105 heavy (non-hydrogen) atoms. The maximum Gasteiger partial charge on any atom is 0.469 e. The molecule has 8 heterocycles. The third-order valence-corrected chi connectivity index (χ3v) is 18.5. The minimum atomic E-state index is -4.71. The molecular formula is C62H106N8O30P4S. The quantitative estimate of drug-likeness (QED) is 0.0526. The first-order valence-electron chi connectivity index (χ1n) is 32.2. The van der Waals surface area contributed by atoms with E-state index in [2.05, 4.69) is 47.6 Å². The molecule has 12 N–H and O–H groups in total. The van der Waals surface area contributed by atoms with Gasteiger partial charge in [0.05, 0.1) is 48.9 Å². The van der Waals surface area contributed by atoms with Crippen molar-refractivity contribution in [2.45, 2.75) is 225 Å². The van der Waals surface area contributed by atoms with Gasteiger partial charge in [-0.2, -0.15) is 13.5 Å². The van der Waals surface area contributed by atoms with Gasteiger partial charge in [0.1, 0.15) is 90.4 Å². The lowest BCUT2D eigenvalue weighted by molar-refractivity contribution is -0.120. The molecule has 8 aliphatic heterocycles. The van der Waals surface area contributed by atoms with Gasteiger partial charge in [0.2, 0.25) is 0 Å². The molecule has 38 nitrogen and oxygen atoms in total. The molecule has 4 saturated heterocycles. The first-order chi connectivity index (χ1) is 47.7. The van der Waals surface area contributed by atoms with Crippen molar-refractivity contribution >= 4 is 68.0 Å². The van der Waals surface area contributed by atoms with Crippen LogP contribution in [0.3, 0.4) is 0 Å². The summed E-state index contributed by atoms with van der Waals surface area (Å²) in [5, 5.41) is 10.3. The molecule has 5 unspecified atom stereocenters. The number of nitrogens with one attached hydrogen (secondary N) is 4. The number of rotatable bonds is 27. The van der Waals surface area contributed by atoms with Crippen molar-refractivity contribution in [2.75, 3.05) is 34.6 Å². The Kier molecular flexibility index (Phi) is 36.6. The molecule has 4 amide bonds. The Morgan fingerprint density at radius 1 is 0.467 bits per heavy atom. The van der Waals surface area contributed by atoms with Gasteiger partial charge in [-0.15, -0.1) is 0 Å². The van der Waals surface area contributed by atoms with E-state index in [1.54, 1.807) is 26.5 Å². The van der Waals surface area contributed by atoms with E-state index >= 15 is 0 Å². The molecule has 8 aliphatic rings. The number of carbonyl (C=O) groups excluding carboxylic acids is 4. The molecule has 0 radical (unpaired) electrons. The zero-order valence-corrected chi connectivity index (χ0v) is 64.9. The van der Waals surface area contributed by atoms with Crippen LogP contribution in [0.4, 0.5) is 0 Å². The molecule has 8 rings (SSSR count). The van der Waals surface area contributed by atoms with Gasteiger partial charge in [0.25, 0.3) is 23.6 Å². The lowest BCUT2D eigenvalue weighted by Crippen LogP contribution is -2.48. The smallest absolute Gasteiger partial charge is 0.374 e. The predicted octanol–water partition coefficient (Wildman–Crippen LogP) is 3.14. The topological polar surface area (TPSA) is 489 Å². The van der Waals surface area contributed by atoms with Crippen LogP contribution in [0.15, 0.2) is 110 Å². The van der Waals surface area contributed by atoms with Crippen molar-refractivity contribution in [3.05, 3.63) is 110 Å². The van der Waals surface area contributed by atoms with Gasteiger partial charge in [-0.05, 0) is 88.2 Å². The normalized spacial score (nSPS) is 30.0. The number of hydrogen-bond acceptors (Lipinski definition) is 26. The summed E-state index contributed by atoms with van der Waals surface area (Å²) < 4.78 is 124. The van der Waals surface area contributed by atoms with E-state index in [0.29, 0.717) is 17.2 Å². The van der Waals surface area contributed by atoms with Gasteiger partial charge in [-0.25, -0.2) is 9.13 Å². The summed E-state index contributed by atoms with van der Waals surface area (Å²) in [4.78, 5) is 125. The summed E-state index contributed by atoms with van der Waals surface area (Å²) in [7, 11) is -12.0. The Labute approximate surface area is 618 Å². The van der Waals surface area contributed by atoms with Crippen molar-refractivity contribution in [2.24, 2.45) is 0 Å². The van der Waals surface area contributed by atoms with Gasteiger partial charge in [-0.1, -0.05) is 33.7 Å². The van der Waals surface area contributed by atoms with E-state index in [9.17, 15) is 47.2 Å². The zero-order valence-electron chi connectivity index (χ0n) is 60.3. The molecule has 0 aromatic carbocycles. The number of ether oxygens (including phenoxy) is 12. The highest BCUT2D eigenvalue weighted by molar-refractivity contribution is 7.59. The third-order valence-electron chi connectivity index (χ3n) is 15.7. The molecule has 600 valence electrons. The maximum absolute atomic E-state index is 11.4. The van der Waals surface area contributed by atoms with E-state index in [-0.39, 0.29) is 93.2 Å². The lowest BCUT2D eigenvalue weighted by Gasteiger charge is -2.34. The summed E-state index contributed by atoms with van der Waals surface area (Å²) in [5.41, 5.74) is 0.337. The van der Waals surface area contributed by atoms with E-state index in [1.165, 1.54) is 91.4 Å². The highest BCUT2D eigenvalue weighted by Gasteiger charge is 2.55. The molecule has 0 aromatic rings. The average Bonchev–Trinajstić information content (AvgIpc) is 1.66. The van der Waals surface area contributed by atoms with Crippen molar-refractivity contribution in [1.82, 2.24) is 40.9 Å². The van der Waals surface area contributed by atoms with E-state index in [1.807, 2.05) is 55.4 Å². The second-order valence-corrected chi connectivity index (χ2v) is 30.9. The molecule has 43 heteroatoms. The monoisotopic (exact) mass is 1600 g/mol. The van der Waals surface area contributed by atoms with Crippen LogP contribution in [0.25, 0.3) is 0 Å². The minimum Gasteiger partial charge on any atom is -0.374 e. The van der Waals surface area contributed by atoms with Crippen LogP contribution < -0.4 is 21.3 Å². The van der Waals surface area contributed by atoms with Gasteiger partial charge in [-0.3, -0.25) is 37.4 Å². The second kappa shape index (κ2) is 40.7. The van der Waals surface area contributed by atoms with Gasteiger partial charge < -0.3 is 137 Å². The van der Waals surface area contributed by atoms with E-state index in [4.69, 9.17) is 95.3 Å². The number of hydrogen-bond donors (Lipinski definition) is 12. The van der Waals surface area contributed by atoms with Crippen molar-refractivity contribution < 1.29 is 142 Å². The average molecular weight is 1600 g/mol. The van der Waals surface area contributed by atoms with E-state index < -0.39 is 141 Å². The SMILES string of the molecule is C.C=C1NC(=O)C=CN1[C@@H]1O[C@H](/C(C)=C/P(=O)(O)O)C(OC(C)C)[C@@H]1OC.C=C1NC(=O)C=CN1[C@@H]1O[C@H](C(C)OP(=O)(O)O)C(OC(C)C)[C@@H]1OC.C=C1NC(=O)C=CN1[C@@H]1O[C@H](CCP(=O)(O)O)C(OC(C)C)[C@@H]1OC.C=C1NC(=O)C=CN1[C@@H]1O[C@H]([C@H](C)OP(=O)(O)O)C(OC(C)C)[C@@H]1OC.S. The Bertz CT molecular complexity index is 3250. The lowest BCUT2D eigenvalue weighted by atomic mass is 10.0. The molecule has 18 atom stereocenters. The Balaban J connectivity index is 0.000000361. The van der Waals surface area contributed by atoms with E-state index in [0.717, 1.165) is 5.82 Å². The van der Waals surface area contributed by atoms with Crippen LogP contribution in [0.1, 0.15) is 90.0 Å². The zero-order chi connectivity index (χ0) is 77.7. The molecule has 0 saturated carbocycles. The standard InChI is InChI=1S/C16H25N2O7P.2C15H25N2O8P.C15H25N2O7P.CH4.H2S/c1-9(2)24-14-13(10(3)8-26(20,21)22)25-16(15(14)23-5)18-7-6-12(19)17-11(18)4;2*1-8(2)23-13-12(9(3)25-26(19,20)21)24-15(14(13)22-5)17-7-6-11(18)16-10(17)4;1-9(2)23-13-11(6-8-25(19,20)21)24-15(14(13)22-4)17-7-5-12(18)16-10(17)3;;/h6-9,13-16H,4H2,1-3,5H3,(H,17,19)(H2,20,21,22);2*6-9,12-15H,4H2,1-3,5H3,(H,16,18)(H2,19,20,21);5,7,9,11,13-15H,3,6,8H2,1-2,4H3,(H,16,18)(H2,19,20,21);1H4;1H2/b10-8+;;;;;/t13-,14?,15+,16-;9?,12-,13?,14+,15-;9-,12+,13?,14-,15+;11-,13?,14+,15-;;/m1101../s1. The Morgan fingerprint density at radius 2 is 0.743 bits per heavy atom. The molecule has 0 bridgehead atoms. The maximum atomic E-state index is 11.4. The third kappa shape index (κ3) is 27.6. The van der Waals surface area contributed by atoms with Gasteiger partial charge in [0.15, 0.2) is 24.9 Å². The number of nitrogens with zero attached hydrogens (tertiary/aromatic N) is 4. The summed E-state index contributed by atoms with van der Waals surface area (Å²) in [6, 6.07) is 0. The highest BCUT2D eigenvalue weighted by atomic mass is 32.1. The molecule has 4 fully saturated rings. The first-order valence-corrected chi connectivity index (χ1v) is 38.7. The van der Waals surface area contributed by atoms with Crippen molar-refractivity contribution in [1.29, 1.82) is 0 Å². The van der Waals surface area contributed by atoms with Crippen LogP contribution >= 0.6 is 44.3 Å². The highest BCUT2D eigenvalue weighted by Crippen LogP contribution is 2.46. The summed E-state index contributed by atoms with van der Waals surface area (Å²) in [5.74, 6) is 0.860. The fraction of sp³-hybridized carbons (Fsp3) is 0.645. The molecule has 0 aromatic heterocycles. The predicted molar refractivity (Wildman–Crippen MR) is 381 cm³/mol. The summed E-state index contributed by atoms with van der Waals surface area (Å²) >= 11 is 0. The fourth-order valence-electron chi connectivity index (χ4n) is 11.9. The number of amides is 4. The van der Waals surface area contributed by atoms with Crippen LogP contribution in [-0.2, 0) is 103 Å². The van der Waals surface area contributed by atoms with Crippen molar-refractivity contribution in [3.8, 4) is 0 Å². The van der Waals surface area contributed by atoms with Crippen LogP contribution in [0.5, 0.6) is 0 Å².